The maximum atomic E-state index is 13.6. The van der Waals surface area contributed by atoms with Crippen LogP contribution in [0, 0.1) is 0 Å². The van der Waals surface area contributed by atoms with Crippen molar-refractivity contribution >= 4 is 11.9 Å². The molecule has 174 valence electrons. The summed E-state index contributed by atoms with van der Waals surface area (Å²) in [5, 5.41) is 9.76. The third kappa shape index (κ3) is 3.52. The number of carbonyl (C=O) groups excluding carboxylic acids is 1. The molecule has 0 radical (unpaired) electrons. The molecule has 1 spiro atoms. The Morgan fingerprint density at radius 3 is 2.70 bits per heavy atom. The van der Waals surface area contributed by atoms with Crippen LogP contribution in [0.3, 0.4) is 0 Å². The molecule has 33 heavy (non-hydrogen) atoms. The van der Waals surface area contributed by atoms with Crippen molar-refractivity contribution in [2.75, 3.05) is 6.54 Å². The molecule has 1 aromatic carbocycles. The van der Waals surface area contributed by atoms with Gasteiger partial charge < -0.3 is 19.3 Å². The van der Waals surface area contributed by atoms with E-state index in [0.717, 1.165) is 12.0 Å². The van der Waals surface area contributed by atoms with Gasteiger partial charge in [0, 0.05) is 24.8 Å². The van der Waals surface area contributed by atoms with E-state index in [9.17, 15) is 19.5 Å². The number of hydrogen-bond acceptors (Lipinski definition) is 6. The van der Waals surface area contributed by atoms with E-state index >= 15 is 0 Å². The number of amides is 1. The third-order valence-electron chi connectivity index (χ3n) is 7.06. The quantitative estimate of drug-likeness (QED) is 0.731. The lowest BCUT2D eigenvalue weighted by atomic mass is 9.84. The lowest BCUT2D eigenvalue weighted by molar-refractivity contribution is -0.0930. The van der Waals surface area contributed by atoms with Crippen molar-refractivity contribution in [2.24, 2.45) is 0 Å². The maximum Gasteiger partial charge on any atom is 0.341 e. The maximum absolute atomic E-state index is 13.6. The number of hydroxylamine groups is 1. The number of hydrogen-bond donors (Lipinski definition) is 2. The topological polar surface area (TPSA) is 110 Å². The van der Waals surface area contributed by atoms with Crippen molar-refractivity contribution in [3.63, 3.8) is 0 Å². The van der Waals surface area contributed by atoms with E-state index in [1.165, 1.54) is 6.20 Å². The second-order valence-corrected chi connectivity index (χ2v) is 9.29. The summed E-state index contributed by atoms with van der Waals surface area (Å²) in [6.07, 6.45) is 3.44. The molecule has 4 atom stereocenters. The van der Waals surface area contributed by atoms with E-state index in [-0.39, 0.29) is 42.1 Å². The number of pyridine rings is 1. The predicted molar refractivity (Wildman–Crippen MR) is 118 cm³/mol. The molecule has 1 unspecified atom stereocenters. The molecule has 2 bridgehead atoms. The van der Waals surface area contributed by atoms with Gasteiger partial charge in [-0.25, -0.2) is 4.79 Å². The van der Waals surface area contributed by atoms with E-state index in [0.29, 0.717) is 19.4 Å². The highest BCUT2D eigenvalue weighted by Gasteiger charge is 2.53. The molecule has 9 nitrogen and oxygen atoms in total. The van der Waals surface area contributed by atoms with Gasteiger partial charge in [0.25, 0.3) is 5.91 Å². The van der Waals surface area contributed by atoms with Crippen LogP contribution in [0.5, 0.6) is 5.75 Å². The minimum atomic E-state index is -1.36. The second-order valence-electron chi connectivity index (χ2n) is 9.29. The SMILES string of the molecule is CC1C[C@]2(CC[C@H](C)N3C[C@H]2n2cc(C(=O)O)c(=O)c(OCc4ccccc4)c2C3=O)ON1. The number of aromatic nitrogens is 1. The normalized spacial score (nSPS) is 28.5. The van der Waals surface area contributed by atoms with Crippen LogP contribution in [0.25, 0.3) is 0 Å². The number of aromatic carboxylic acids is 1. The summed E-state index contributed by atoms with van der Waals surface area (Å²) in [4.78, 5) is 46.6. The smallest absolute Gasteiger partial charge is 0.341 e. The standard InChI is InChI=1S/C24H27N3O6/c1-14-10-24(33-25-14)9-8-15(2)26-12-18(24)27-11-17(23(30)31)20(28)21(19(27)22(26)29)32-13-16-6-4-3-5-7-16/h3-7,11,14-15,18,25H,8-10,12-13H2,1-2H3,(H,30,31)/t14?,15-,18+,24-/m0/s1. The molecular formula is C24H27N3O6. The fraction of sp³-hybridized carbons (Fsp3) is 0.458. The zero-order chi connectivity index (χ0) is 23.3. The molecule has 2 aromatic rings. The average molecular weight is 453 g/mol. The predicted octanol–water partition coefficient (Wildman–Crippen LogP) is 2.36. The van der Waals surface area contributed by atoms with Crippen molar-refractivity contribution in [2.45, 2.75) is 63.4 Å². The van der Waals surface area contributed by atoms with Gasteiger partial charge in [-0.05, 0) is 38.7 Å². The number of ether oxygens (including phenoxy) is 1. The van der Waals surface area contributed by atoms with Crippen LogP contribution >= 0.6 is 0 Å². The first-order valence-electron chi connectivity index (χ1n) is 11.2. The lowest BCUT2D eigenvalue weighted by Gasteiger charge is -2.42. The lowest BCUT2D eigenvalue weighted by Crippen LogP contribution is -2.52. The largest absolute Gasteiger partial charge is 0.483 e. The molecule has 2 saturated heterocycles. The fourth-order valence-corrected chi connectivity index (χ4v) is 5.32. The number of carbonyl (C=O) groups is 2. The van der Waals surface area contributed by atoms with Gasteiger partial charge >= 0.3 is 5.97 Å². The minimum absolute atomic E-state index is 0.0416. The Labute approximate surface area is 190 Å². The first-order valence-corrected chi connectivity index (χ1v) is 11.2. The van der Waals surface area contributed by atoms with E-state index in [1.807, 2.05) is 44.2 Å². The number of fused-ring (bicyclic) bond motifs is 5. The summed E-state index contributed by atoms with van der Waals surface area (Å²) in [5.41, 5.74) is 2.11. The van der Waals surface area contributed by atoms with Crippen LogP contribution in [-0.4, -0.2) is 50.7 Å². The molecule has 1 aromatic heterocycles. The van der Waals surface area contributed by atoms with E-state index in [4.69, 9.17) is 9.57 Å². The Bertz CT molecular complexity index is 1160. The molecule has 2 fully saturated rings. The molecule has 3 aliphatic rings. The fourth-order valence-electron chi connectivity index (χ4n) is 5.32. The number of carboxylic acid groups (broad SMARTS) is 1. The Hall–Kier alpha value is -3.17. The molecule has 1 amide bonds. The van der Waals surface area contributed by atoms with Gasteiger partial charge in [-0.3, -0.25) is 14.4 Å². The summed E-state index contributed by atoms with van der Waals surface area (Å²) < 4.78 is 7.52. The molecule has 3 aliphatic heterocycles. The monoisotopic (exact) mass is 453 g/mol. The molecule has 0 aliphatic carbocycles. The van der Waals surface area contributed by atoms with E-state index in [2.05, 4.69) is 5.48 Å². The summed E-state index contributed by atoms with van der Waals surface area (Å²) in [5.74, 6) is -1.90. The van der Waals surface area contributed by atoms with Crippen LogP contribution < -0.4 is 15.6 Å². The van der Waals surface area contributed by atoms with Crippen LogP contribution in [0.2, 0.25) is 0 Å². The van der Waals surface area contributed by atoms with Gasteiger partial charge in [0.15, 0.2) is 11.4 Å². The second kappa shape index (κ2) is 8.00. The van der Waals surface area contributed by atoms with E-state index in [1.54, 1.807) is 9.47 Å². The highest BCUT2D eigenvalue weighted by Crippen LogP contribution is 2.46. The average Bonchev–Trinajstić information content (AvgIpc) is 3.13. The van der Waals surface area contributed by atoms with Gasteiger partial charge in [0.2, 0.25) is 5.43 Å². The highest BCUT2D eigenvalue weighted by atomic mass is 16.7. The number of nitrogens with zero attached hydrogens (tertiary/aromatic N) is 2. The molecule has 2 N–H and O–H groups in total. The number of nitrogens with one attached hydrogen (secondary N) is 1. The molecule has 0 saturated carbocycles. The number of carboxylic acids is 1. The summed E-state index contributed by atoms with van der Waals surface area (Å²) >= 11 is 0. The van der Waals surface area contributed by atoms with Gasteiger partial charge in [-0.15, -0.1) is 0 Å². The van der Waals surface area contributed by atoms with Crippen molar-refractivity contribution in [3.05, 3.63) is 63.6 Å². The molecule has 4 heterocycles. The number of rotatable bonds is 4. The molecule has 9 heteroatoms. The molecular weight excluding hydrogens is 426 g/mol. The zero-order valence-electron chi connectivity index (χ0n) is 18.6. The molecule has 5 rings (SSSR count). The summed E-state index contributed by atoms with van der Waals surface area (Å²) in [7, 11) is 0. The zero-order valence-corrected chi connectivity index (χ0v) is 18.6. The first-order chi connectivity index (χ1) is 15.8. The Morgan fingerprint density at radius 2 is 2.03 bits per heavy atom. The first kappa shape index (κ1) is 21.7. The van der Waals surface area contributed by atoms with Crippen LogP contribution in [0.4, 0.5) is 0 Å². The van der Waals surface area contributed by atoms with Crippen molar-refractivity contribution in [1.29, 1.82) is 0 Å². The Kier molecular flexibility index (Phi) is 5.25. The van der Waals surface area contributed by atoms with Crippen LogP contribution in [-0.2, 0) is 11.4 Å². The highest BCUT2D eigenvalue weighted by molar-refractivity contribution is 5.98. The number of benzene rings is 1. The van der Waals surface area contributed by atoms with Gasteiger partial charge in [0.05, 0.1) is 6.04 Å². The van der Waals surface area contributed by atoms with Gasteiger partial charge in [-0.1, -0.05) is 30.3 Å². The third-order valence-corrected chi connectivity index (χ3v) is 7.06. The van der Waals surface area contributed by atoms with Crippen LogP contribution in [0.1, 0.15) is 65.6 Å². The van der Waals surface area contributed by atoms with E-state index < -0.39 is 22.6 Å². The summed E-state index contributed by atoms with van der Waals surface area (Å²) in [6, 6.07) is 8.94. The van der Waals surface area contributed by atoms with Gasteiger partial charge in [-0.2, -0.15) is 5.48 Å². The van der Waals surface area contributed by atoms with Gasteiger partial charge in [0.1, 0.15) is 17.8 Å². The van der Waals surface area contributed by atoms with Crippen molar-refractivity contribution < 1.29 is 24.3 Å². The minimum Gasteiger partial charge on any atom is -0.483 e. The van der Waals surface area contributed by atoms with Crippen molar-refractivity contribution in [1.82, 2.24) is 14.9 Å². The summed E-state index contributed by atoms with van der Waals surface area (Å²) in [6.45, 7) is 4.43. The Morgan fingerprint density at radius 1 is 1.27 bits per heavy atom. The van der Waals surface area contributed by atoms with Crippen molar-refractivity contribution in [3.8, 4) is 5.75 Å². The Balaban J connectivity index is 1.69. The van der Waals surface area contributed by atoms with Crippen LogP contribution in [0.15, 0.2) is 41.3 Å².